The number of rotatable bonds is 12. The van der Waals surface area contributed by atoms with E-state index >= 15 is 0 Å². The maximum Gasteiger partial charge on any atom is 0.251 e. The maximum absolute atomic E-state index is 13.6. The first kappa shape index (κ1) is 33.8. The lowest BCUT2D eigenvalue weighted by atomic mass is 10.0. The fourth-order valence-electron chi connectivity index (χ4n) is 6.41. The van der Waals surface area contributed by atoms with Gasteiger partial charge in [0.2, 0.25) is 0 Å². The number of aromatic nitrogens is 3. The second kappa shape index (κ2) is 15.4. The van der Waals surface area contributed by atoms with E-state index in [9.17, 15) is 14.7 Å². The molecule has 3 aromatic carbocycles. The van der Waals surface area contributed by atoms with Gasteiger partial charge >= 0.3 is 0 Å². The predicted octanol–water partition coefficient (Wildman–Crippen LogP) is 5.93. The Morgan fingerprint density at radius 2 is 1.55 bits per heavy atom. The Kier molecular flexibility index (Phi) is 10.7. The molecular weight excluding hydrogens is 616 g/mol. The highest BCUT2D eigenvalue weighted by Gasteiger charge is 2.22. The molecule has 6 rings (SSSR count). The van der Waals surface area contributed by atoms with Gasteiger partial charge in [0.15, 0.2) is 5.65 Å². The van der Waals surface area contributed by atoms with Gasteiger partial charge in [0, 0.05) is 61.3 Å². The average Bonchev–Trinajstić information content (AvgIpc) is 3.56. The van der Waals surface area contributed by atoms with Crippen molar-refractivity contribution in [1.82, 2.24) is 25.4 Å². The third-order valence-electron chi connectivity index (χ3n) is 9.03. The summed E-state index contributed by atoms with van der Waals surface area (Å²) in [4.78, 5) is 31.9. The Balaban J connectivity index is 1.18. The van der Waals surface area contributed by atoms with Crippen LogP contribution in [0.3, 0.4) is 0 Å². The normalized spacial score (nSPS) is 13.4. The lowest BCUT2D eigenvalue weighted by Crippen LogP contribution is -2.30. The molecule has 5 aromatic rings. The van der Waals surface area contributed by atoms with E-state index in [-0.39, 0.29) is 31.0 Å². The molecule has 2 aromatic heterocycles. The zero-order chi connectivity index (χ0) is 34.3. The topological polar surface area (TPSA) is 130 Å². The number of ether oxygens (including phenoxy) is 1. The van der Waals surface area contributed by atoms with Crippen LogP contribution in [0.15, 0.2) is 72.9 Å². The van der Waals surface area contributed by atoms with Crippen molar-refractivity contribution in [3.63, 3.8) is 0 Å². The van der Waals surface area contributed by atoms with Crippen LogP contribution in [0, 0.1) is 6.92 Å². The maximum atomic E-state index is 13.6. The van der Waals surface area contributed by atoms with Crippen molar-refractivity contribution in [2.75, 3.05) is 18.5 Å². The summed E-state index contributed by atoms with van der Waals surface area (Å²) in [5.41, 5.74) is 9.09. The van der Waals surface area contributed by atoms with Crippen LogP contribution >= 0.6 is 0 Å². The summed E-state index contributed by atoms with van der Waals surface area (Å²) in [6.45, 7) is 8.72. The lowest BCUT2D eigenvalue weighted by Gasteiger charge is -2.26. The summed E-state index contributed by atoms with van der Waals surface area (Å²) in [5.74, 6) is -0.525. The zero-order valence-electron chi connectivity index (χ0n) is 28.4. The summed E-state index contributed by atoms with van der Waals surface area (Å²) in [5, 5.41) is 24.9. The average molecular weight is 661 g/mol. The van der Waals surface area contributed by atoms with E-state index in [1.54, 1.807) is 18.2 Å². The van der Waals surface area contributed by atoms with Crippen LogP contribution in [-0.2, 0) is 37.4 Å². The monoisotopic (exact) mass is 660 g/mol. The number of aryl methyl sites for hydroxylation is 3. The smallest absolute Gasteiger partial charge is 0.251 e. The third-order valence-corrected chi connectivity index (χ3v) is 9.03. The van der Waals surface area contributed by atoms with Gasteiger partial charge in [-0.15, -0.1) is 0 Å². The molecule has 1 aliphatic heterocycles. The Bertz CT molecular complexity index is 1960. The number of pyridine rings is 1. The fraction of sp³-hybridized carbons (Fsp3) is 0.333. The molecule has 2 amide bonds. The minimum atomic E-state index is -0.265. The minimum absolute atomic E-state index is 0.0207. The quantitative estimate of drug-likeness (QED) is 0.131. The second-order valence-electron chi connectivity index (χ2n) is 12.5. The molecule has 49 heavy (non-hydrogen) atoms. The molecule has 0 aliphatic carbocycles. The molecule has 4 N–H and O–H groups in total. The lowest BCUT2D eigenvalue weighted by molar-refractivity contribution is 0.0904. The highest BCUT2D eigenvalue weighted by atomic mass is 16.5. The molecule has 3 heterocycles. The number of hydrogen-bond acceptors (Lipinski definition) is 7. The molecule has 254 valence electrons. The van der Waals surface area contributed by atoms with E-state index in [0.717, 1.165) is 68.6 Å². The molecule has 0 spiro atoms. The number of aliphatic hydroxyl groups excluding tert-OH is 1. The van der Waals surface area contributed by atoms with Crippen molar-refractivity contribution in [2.24, 2.45) is 0 Å². The van der Waals surface area contributed by atoms with Gasteiger partial charge in [-0.2, -0.15) is 5.10 Å². The number of anilines is 1. The van der Waals surface area contributed by atoms with E-state index in [2.05, 4.69) is 28.0 Å². The van der Waals surface area contributed by atoms with Gasteiger partial charge in [-0.1, -0.05) is 43.3 Å². The molecular formula is C39H44N6O4. The molecule has 1 fully saturated rings. The van der Waals surface area contributed by atoms with Crippen LogP contribution in [0.4, 0.5) is 5.69 Å². The van der Waals surface area contributed by atoms with Crippen LogP contribution in [0.5, 0.6) is 0 Å². The molecule has 0 atom stereocenters. The molecule has 0 radical (unpaired) electrons. The van der Waals surface area contributed by atoms with E-state index in [1.165, 1.54) is 0 Å². The highest BCUT2D eigenvalue weighted by molar-refractivity contribution is 6.00. The van der Waals surface area contributed by atoms with Crippen LogP contribution in [0.1, 0.15) is 75.4 Å². The number of nitrogens with one attached hydrogen (secondary N) is 3. The van der Waals surface area contributed by atoms with Crippen molar-refractivity contribution in [1.29, 1.82) is 0 Å². The van der Waals surface area contributed by atoms with Crippen LogP contribution in [0.2, 0.25) is 0 Å². The van der Waals surface area contributed by atoms with Gasteiger partial charge in [-0.05, 0) is 91.3 Å². The van der Waals surface area contributed by atoms with Gasteiger partial charge in [0.25, 0.3) is 11.8 Å². The largest absolute Gasteiger partial charge is 0.392 e. The summed E-state index contributed by atoms with van der Waals surface area (Å²) >= 11 is 0. The number of carbonyl (C=O) groups is 2. The fourth-order valence-corrected chi connectivity index (χ4v) is 6.41. The number of aliphatic hydroxyl groups is 1. The number of nitrogens with zero attached hydrogens (tertiary/aromatic N) is 3. The number of fused-ring (bicyclic) bond motifs is 1. The van der Waals surface area contributed by atoms with Crippen LogP contribution in [0.25, 0.3) is 22.2 Å². The van der Waals surface area contributed by atoms with Gasteiger partial charge in [-0.25, -0.2) is 9.67 Å². The first-order valence-electron chi connectivity index (χ1n) is 17.1. The second-order valence-corrected chi connectivity index (χ2v) is 12.5. The summed E-state index contributed by atoms with van der Waals surface area (Å²) in [6.07, 6.45) is 4.36. The van der Waals surface area contributed by atoms with Gasteiger partial charge in [0.1, 0.15) is 0 Å². The van der Waals surface area contributed by atoms with Crippen LogP contribution < -0.4 is 16.0 Å². The number of amides is 2. The number of hydrogen-bond donors (Lipinski definition) is 4. The molecule has 10 nitrogen and oxygen atoms in total. The van der Waals surface area contributed by atoms with Crippen LogP contribution in [-0.4, -0.2) is 50.9 Å². The predicted molar refractivity (Wildman–Crippen MR) is 191 cm³/mol. The Morgan fingerprint density at radius 1 is 0.898 bits per heavy atom. The van der Waals surface area contributed by atoms with Crippen molar-refractivity contribution in [3.05, 3.63) is 112 Å². The standard InChI is InChI=1S/C39H44N6O4/c1-4-35-33(36(43-32-12-14-49-15-13-32)34-23-42-45(5-2)37(34)44-35)22-41-39(48)31-17-25(3)16-30(20-31)38(47)40-21-26-8-6-10-28(18-26)29-11-7-9-27(19-29)24-46/h6-11,16-20,23,32,46H,4-5,12-15,21-22,24H2,1-3H3,(H,40,47)(H,41,48)(H,43,44). The van der Waals surface area contributed by atoms with E-state index in [1.807, 2.05) is 73.3 Å². The summed E-state index contributed by atoms with van der Waals surface area (Å²) < 4.78 is 7.49. The SMILES string of the molecule is CCc1nc2c(cnn2CC)c(NC2CCOCC2)c1CNC(=O)c1cc(C)cc(C(=O)NCc2cccc(-c3cccc(CO)c3)c2)c1. The molecule has 1 saturated heterocycles. The Labute approximate surface area is 286 Å². The first-order chi connectivity index (χ1) is 23.9. The first-order valence-corrected chi connectivity index (χ1v) is 17.1. The van der Waals surface area contributed by atoms with E-state index in [4.69, 9.17) is 9.72 Å². The summed E-state index contributed by atoms with van der Waals surface area (Å²) in [6, 6.07) is 21.2. The molecule has 0 unspecified atom stereocenters. The van der Waals surface area contributed by atoms with Crippen molar-refractivity contribution in [2.45, 2.75) is 72.3 Å². The zero-order valence-corrected chi connectivity index (χ0v) is 28.4. The minimum Gasteiger partial charge on any atom is -0.392 e. The number of benzene rings is 3. The van der Waals surface area contributed by atoms with Gasteiger partial charge in [-0.3, -0.25) is 9.59 Å². The van der Waals surface area contributed by atoms with Crippen molar-refractivity contribution in [3.8, 4) is 11.1 Å². The van der Waals surface area contributed by atoms with Gasteiger partial charge in [0.05, 0.1) is 23.9 Å². The third kappa shape index (κ3) is 7.82. The molecule has 0 saturated carbocycles. The van der Waals surface area contributed by atoms with E-state index in [0.29, 0.717) is 43.9 Å². The Hall–Kier alpha value is -5.06. The molecule has 1 aliphatic rings. The molecule has 10 heteroatoms. The van der Waals surface area contributed by atoms with Crippen molar-refractivity contribution < 1.29 is 19.4 Å². The number of carbonyl (C=O) groups excluding carboxylic acids is 2. The van der Waals surface area contributed by atoms with Crippen molar-refractivity contribution >= 4 is 28.5 Å². The van der Waals surface area contributed by atoms with E-state index < -0.39 is 0 Å². The van der Waals surface area contributed by atoms with Gasteiger partial charge < -0.3 is 25.8 Å². The summed E-state index contributed by atoms with van der Waals surface area (Å²) in [7, 11) is 0. The molecule has 0 bridgehead atoms. The Morgan fingerprint density at radius 3 is 2.20 bits per heavy atom. The highest BCUT2D eigenvalue weighted by Crippen LogP contribution is 2.31.